The van der Waals surface area contributed by atoms with Gasteiger partial charge in [0.15, 0.2) is 0 Å². The third-order valence-electron chi connectivity index (χ3n) is 4.05. The summed E-state index contributed by atoms with van der Waals surface area (Å²) in [6.07, 6.45) is 0.896. The third-order valence-corrected chi connectivity index (χ3v) is 7.92. The summed E-state index contributed by atoms with van der Waals surface area (Å²) >= 11 is 7.03. The van der Waals surface area contributed by atoms with Crippen LogP contribution in [0.2, 0.25) is 0 Å². The zero-order valence-electron chi connectivity index (χ0n) is 11.7. The van der Waals surface area contributed by atoms with Crippen molar-refractivity contribution in [1.82, 2.24) is 9.21 Å². The summed E-state index contributed by atoms with van der Waals surface area (Å²) in [6.45, 7) is 4.46. The standard InChI is InChI=1S/C13H19ClN2O3S2/c14-9-12-1-2-13(20-12)21(17,18)16-4-3-11(10-16)15-5-7-19-8-6-15/h1-2,11H,3-10H2. The predicted molar refractivity (Wildman–Crippen MR) is 83.4 cm³/mol. The summed E-state index contributed by atoms with van der Waals surface area (Å²) in [4.78, 5) is 3.23. The summed E-state index contributed by atoms with van der Waals surface area (Å²) in [5.74, 6) is 0.358. The SMILES string of the molecule is O=S(=O)(c1ccc(CCl)s1)N1CCC(N2CCOCC2)C1. The van der Waals surface area contributed by atoms with E-state index in [2.05, 4.69) is 4.90 Å². The Bertz CT molecular complexity index is 584. The summed E-state index contributed by atoms with van der Waals surface area (Å²) in [7, 11) is -3.36. The zero-order chi connectivity index (χ0) is 14.9. The lowest BCUT2D eigenvalue weighted by Gasteiger charge is -2.32. The van der Waals surface area contributed by atoms with Crippen LogP contribution < -0.4 is 0 Å². The molecule has 0 saturated carbocycles. The maximum absolute atomic E-state index is 12.6. The molecule has 2 aliphatic heterocycles. The van der Waals surface area contributed by atoms with Gasteiger partial charge in [-0.15, -0.1) is 22.9 Å². The summed E-state index contributed by atoms with van der Waals surface area (Å²) in [6, 6.07) is 3.77. The lowest BCUT2D eigenvalue weighted by molar-refractivity contribution is 0.0197. The lowest BCUT2D eigenvalue weighted by Crippen LogP contribution is -2.45. The smallest absolute Gasteiger partial charge is 0.252 e. The first-order chi connectivity index (χ1) is 10.1. The fourth-order valence-corrected chi connectivity index (χ4v) is 5.97. The molecule has 3 heterocycles. The molecule has 5 nitrogen and oxygen atoms in total. The van der Waals surface area contributed by atoms with Crippen LogP contribution in [0.15, 0.2) is 16.3 Å². The second-order valence-corrected chi connectivity index (χ2v) is 8.91. The van der Waals surface area contributed by atoms with E-state index in [0.29, 0.717) is 29.2 Å². The van der Waals surface area contributed by atoms with Gasteiger partial charge in [0.2, 0.25) is 0 Å². The van der Waals surface area contributed by atoms with E-state index in [-0.39, 0.29) is 0 Å². The maximum atomic E-state index is 12.6. The molecular formula is C13H19ClN2O3S2. The molecule has 1 aromatic rings. The van der Waals surface area contributed by atoms with E-state index in [9.17, 15) is 8.42 Å². The van der Waals surface area contributed by atoms with Crippen molar-refractivity contribution in [3.8, 4) is 0 Å². The Kier molecular flexibility index (Phi) is 4.87. The quantitative estimate of drug-likeness (QED) is 0.774. The van der Waals surface area contributed by atoms with E-state index in [0.717, 1.165) is 37.6 Å². The molecular weight excluding hydrogens is 332 g/mol. The molecule has 118 valence electrons. The Hall–Kier alpha value is -0.180. The zero-order valence-corrected chi connectivity index (χ0v) is 14.1. The molecule has 3 rings (SSSR count). The molecule has 0 bridgehead atoms. The van der Waals surface area contributed by atoms with Gasteiger partial charge in [0, 0.05) is 37.1 Å². The molecule has 0 amide bonds. The van der Waals surface area contributed by atoms with Crippen LogP contribution in [0.25, 0.3) is 0 Å². The van der Waals surface area contributed by atoms with Crippen LogP contribution in [0.5, 0.6) is 0 Å². The first kappa shape index (κ1) is 15.7. The van der Waals surface area contributed by atoms with E-state index in [1.165, 1.54) is 11.3 Å². The Morgan fingerprint density at radius 2 is 2.05 bits per heavy atom. The van der Waals surface area contributed by atoms with Crippen LogP contribution in [0, 0.1) is 0 Å². The maximum Gasteiger partial charge on any atom is 0.252 e. The van der Waals surface area contributed by atoms with Crippen LogP contribution in [0.1, 0.15) is 11.3 Å². The molecule has 0 aliphatic carbocycles. The van der Waals surface area contributed by atoms with Gasteiger partial charge in [-0.25, -0.2) is 8.42 Å². The molecule has 0 spiro atoms. The number of hydrogen-bond acceptors (Lipinski definition) is 5. The average molecular weight is 351 g/mol. The van der Waals surface area contributed by atoms with E-state index in [1.54, 1.807) is 16.4 Å². The van der Waals surface area contributed by atoms with Crippen LogP contribution in [0.3, 0.4) is 0 Å². The third kappa shape index (κ3) is 3.28. The molecule has 2 aliphatic rings. The van der Waals surface area contributed by atoms with Crippen molar-refractivity contribution in [3.05, 3.63) is 17.0 Å². The topological polar surface area (TPSA) is 49.9 Å². The summed E-state index contributed by atoms with van der Waals surface area (Å²) in [5, 5.41) is 0. The van der Waals surface area contributed by atoms with Gasteiger partial charge < -0.3 is 4.74 Å². The molecule has 1 unspecified atom stereocenters. The molecule has 0 radical (unpaired) electrons. The van der Waals surface area contributed by atoms with E-state index in [1.807, 2.05) is 0 Å². The number of nitrogens with zero attached hydrogens (tertiary/aromatic N) is 2. The van der Waals surface area contributed by atoms with Crippen LogP contribution >= 0.6 is 22.9 Å². The number of halogens is 1. The highest BCUT2D eigenvalue weighted by atomic mass is 35.5. The Morgan fingerprint density at radius 1 is 1.29 bits per heavy atom. The number of morpholine rings is 1. The van der Waals surface area contributed by atoms with Crippen molar-refractivity contribution >= 4 is 33.0 Å². The molecule has 2 fully saturated rings. The minimum absolute atomic E-state index is 0.316. The van der Waals surface area contributed by atoms with Crippen LogP contribution in [-0.4, -0.2) is 63.1 Å². The first-order valence-corrected chi connectivity index (χ1v) is 9.87. The molecule has 0 N–H and O–H groups in total. The number of alkyl halides is 1. The highest BCUT2D eigenvalue weighted by Crippen LogP contribution is 2.29. The van der Waals surface area contributed by atoms with Crippen molar-refractivity contribution in [1.29, 1.82) is 0 Å². The van der Waals surface area contributed by atoms with E-state index < -0.39 is 10.0 Å². The summed E-state index contributed by atoms with van der Waals surface area (Å²) < 4.78 is 32.6. The Balaban J connectivity index is 1.69. The molecule has 0 aromatic carbocycles. The monoisotopic (exact) mass is 350 g/mol. The van der Waals surface area contributed by atoms with Gasteiger partial charge in [0.05, 0.1) is 19.1 Å². The van der Waals surface area contributed by atoms with Gasteiger partial charge >= 0.3 is 0 Å². The number of ether oxygens (including phenoxy) is 1. The number of sulfonamides is 1. The average Bonchev–Trinajstić information content (AvgIpc) is 3.18. The van der Waals surface area contributed by atoms with Crippen LogP contribution in [0.4, 0.5) is 0 Å². The van der Waals surface area contributed by atoms with Crippen molar-refractivity contribution in [2.24, 2.45) is 0 Å². The molecule has 1 atom stereocenters. The largest absolute Gasteiger partial charge is 0.379 e. The van der Waals surface area contributed by atoms with E-state index in [4.69, 9.17) is 16.3 Å². The van der Waals surface area contributed by atoms with Crippen molar-refractivity contribution in [2.45, 2.75) is 22.6 Å². The molecule has 8 heteroatoms. The second kappa shape index (κ2) is 6.52. The highest BCUT2D eigenvalue weighted by Gasteiger charge is 2.36. The minimum Gasteiger partial charge on any atom is -0.379 e. The number of thiophene rings is 1. The Morgan fingerprint density at radius 3 is 2.71 bits per heavy atom. The molecule has 21 heavy (non-hydrogen) atoms. The van der Waals surface area contributed by atoms with Crippen molar-refractivity contribution in [2.75, 3.05) is 39.4 Å². The van der Waals surface area contributed by atoms with Gasteiger partial charge in [-0.2, -0.15) is 4.31 Å². The fourth-order valence-electron chi connectivity index (χ4n) is 2.87. The van der Waals surface area contributed by atoms with E-state index >= 15 is 0 Å². The minimum atomic E-state index is -3.36. The van der Waals surface area contributed by atoms with Crippen molar-refractivity contribution < 1.29 is 13.2 Å². The normalized spacial score (nSPS) is 25.5. The Labute approximate surface area is 134 Å². The lowest BCUT2D eigenvalue weighted by atomic mass is 10.2. The first-order valence-electron chi connectivity index (χ1n) is 7.08. The van der Waals surface area contributed by atoms with Crippen LogP contribution in [-0.2, 0) is 20.6 Å². The number of rotatable bonds is 4. The van der Waals surface area contributed by atoms with Gasteiger partial charge in [-0.05, 0) is 18.6 Å². The second-order valence-electron chi connectivity index (χ2n) is 5.31. The van der Waals surface area contributed by atoms with Gasteiger partial charge in [-0.3, -0.25) is 4.90 Å². The molecule has 1 aromatic heterocycles. The highest BCUT2D eigenvalue weighted by molar-refractivity contribution is 7.91. The van der Waals surface area contributed by atoms with Gasteiger partial charge in [0.25, 0.3) is 10.0 Å². The fraction of sp³-hybridized carbons (Fsp3) is 0.692. The molecule has 2 saturated heterocycles. The summed E-state index contributed by atoms with van der Waals surface area (Å²) in [5.41, 5.74) is 0. The predicted octanol–water partition coefficient (Wildman–Crippen LogP) is 1.58. The van der Waals surface area contributed by atoms with Gasteiger partial charge in [-0.1, -0.05) is 0 Å². The van der Waals surface area contributed by atoms with Gasteiger partial charge in [0.1, 0.15) is 4.21 Å². The van der Waals surface area contributed by atoms with Crippen molar-refractivity contribution in [3.63, 3.8) is 0 Å². The number of hydrogen-bond donors (Lipinski definition) is 0.